The molecule has 0 bridgehead atoms. The summed E-state index contributed by atoms with van der Waals surface area (Å²) >= 11 is 5.97. The van der Waals surface area contributed by atoms with Crippen molar-refractivity contribution in [1.82, 2.24) is 19.4 Å². The number of carbonyl (C=O) groups is 2. The Kier molecular flexibility index (Phi) is 4.63. The number of halogens is 1. The van der Waals surface area contributed by atoms with E-state index in [1.165, 1.54) is 0 Å². The van der Waals surface area contributed by atoms with Crippen molar-refractivity contribution in [3.63, 3.8) is 0 Å². The number of imidazole rings is 1. The summed E-state index contributed by atoms with van der Waals surface area (Å²) in [6.07, 6.45) is 5.23. The summed E-state index contributed by atoms with van der Waals surface area (Å²) in [6, 6.07) is 9.10. The predicted molar refractivity (Wildman–Crippen MR) is 112 cm³/mol. The van der Waals surface area contributed by atoms with E-state index in [-0.39, 0.29) is 18.4 Å². The molecule has 0 atom stereocenters. The highest BCUT2D eigenvalue weighted by atomic mass is 35.5. The van der Waals surface area contributed by atoms with Gasteiger partial charge in [-0.15, -0.1) is 0 Å². The van der Waals surface area contributed by atoms with Crippen LogP contribution in [0.15, 0.2) is 48.9 Å². The highest BCUT2D eigenvalue weighted by molar-refractivity contribution is 6.30. The largest absolute Gasteiger partial charge is 0.359 e. The Hall–Kier alpha value is -3.39. The van der Waals surface area contributed by atoms with E-state index >= 15 is 0 Å². The Labute approximate surface area is 178 Å². The number of nitrogens with one attached hydrogen (secondary N) is 1. The number of hydrogen-bond acceptors (Lipinski definition) is 5. The van der Waals surface area contributed by atoms with E-state index in [1.54, 1.807) is 40.4 Å². The fourth-order valence-corrected chi connectivity index (χ4v) is 3.90. The number of pyridine rings is 1. The summed E-state index contributed by atoms with van der Waals surface area (Å²) in [5.41, 5.74) is 2.00. The van der Waals surface area contributed by atoms with Crippen LogP contribution < -0.4 is 10.2 Å². The minimum Gasteiger partial charge on any atom is -0.359 e. The van der Waals surface area contributed by atoms with Crippen molar-refractivity contribution in [3.8, 4) is 0 Å². The molecule has 0 aliphatic carbocycles. The fourth-order valence-electron chi connectivity index (χ4n) is 3.78. The predicted octanol–water partition coefficient (Wildman–Crippen LogP) is 2.55. The molecule has 0 saturated heterocycles. The molecule has 4 heterocycles. The molecular formula is C21H19ClN6O2. The van der Waals surface area contributed by atoms with Gasteiger partial charge in [-0.3, -0.25) is 9.59 Å². The molecule has 2 aliphatic rings. The van der Waals surface area contributed by atoms with Gasteiger partial charge in [-0.05, 0) is 23.8 Å². The lowest BCUT2D eigenvalue weighted by molar-refractivity contribution is -0.117. The topological polar surface area (TPSA) is 83.4 Å². The molecule has 2 amide bonds. The molecule has 5 rings (SSSR count). The Balaban J connectivity index is 1.42. The molecule has 152 valence electrons. The van der Waals surface area contributed by atoms with Crippen LogP contribution >= 0.6 is 11.6 Å². The van der Waals surface area contributed by atoms with Gasteiger partial charge in [-0.25, -0.2) is 9.97 Å². The molecule has 9 heteroatoms. The van der Waals surface area contributed by atoms with Gasteiger partial charge in [-0.1, -0.05) is 23.7 Å². The first-order valence-electron chi connectivity index (χ1n) is 9.66. The molecule has 1 N–H and O–H groups in total. The monoisotopic (exact) mass is 422 g/mol. The molecule has 2 aromatic heterocycles. The SMILES string of the molecule is O=C(c1cnc2c(c1)N(Cc1ccc(Cl)cc1)C(=O)CN2)N1CCn2ccnc2C1. The van der Waals surface area contributed by atoms with Crippen LogP contribution in [0, 0.1) is 0 Å². The number of hydrogen-bond donors (Lipinski definition) is 1. The van der Waals surface area contributed by atoms with Crippen LogP contribution in [0.25, 0.3) is 0 Å². The van der Waals surface area contributed by atoms with Crippen molar-refractivity contribution in [3.05, 3.63) is 70.9 Å². The second-order valence-corrected chi connectivity index (χ2v) is 7.75. The van der Waals surface area contributed by atoms with Crippen molar-refractivity contribution in [1.29, 1.82) is 0 Å². The number of carbonyl (C=O) groups excluding carboxylic acids is 2. The number of amides is 2. The van der Waals surface area contributed by atoms with Crippen molar-refractivity contribution in [2.45, 2.75) is 19.6 Å². The maximum atomic E-state index is 13.1. The van der Waals surface area contributed by atoms with Gasteiger partial charge < -0.3 is 19.7 Å². The molecule has 30 heavy (non-hydrogen) atoms. The summed E-state index contributed by atoms with van der Waals surface area (Å²) in [7, 11) is 0. The van der Waals surface area contributed by atoms with Gasteiger partial charge in [-0.2, -0.15) is 0 Å². The molecule has 0 unspecified atom stereocenters. The Morgan fingerprint density at radius 1 is 1.17 bits per heavy atom. The zero-order valence-corrected chi connectivity index (χ0v) is 16.8. The van der Waals surface area contributed by atoms with Crippen LogP contribution in [0.1, 0.15) is 21.7 Å². The molecular weight excluding hydrogens is 404 g/mol. The molecule has 2 aliphatic heterocycles. The molecule has 0 spiro atoms. The zero-order chi connectivity index (χ0) is 20.7. The third-order valence-corrected chi connectivity index (χ3v) is 5.65. The highest BCUT2D eigenvalue weighted by Gasteiger charge is 2.28. The van der Waals surface area contributed by atoms with Crippen LogP contribution in [-0.2, 0) is 24.4 Å². The number of benzene rings is 1. The third-order valence-electron chi connectivity index (χ3n) is 5.40. The lowest BCUT2D eigenvalue weighted by atomic mass is 10.1. The van der Waals surface area contributed by atoms with Crippen molar-refractivity contribution in [2.75, 3.05) is 23.3 Å². The van der Waals surface area contributed by atoms with E-state index in [1.807, 2.05) is 22.9 Å². The third kappa shape index (κ3) is 3.39. The number of nitrogens with zero attached hydrogens (tertiary/aromatic N) is 5. The quantitative estimate of drug-likeness (QED) is 0.701. The first kappa shape index (κ1) is 18.6. The smallest absolute Gasteiger partial charge is 0.255 e. The van der Waals surface area contributed by atoms with Gasteiger partial charge in [0.25, 0.3) is 5.91 Å². The normalized spacial score (nSPS) is 15.4. The summed E-state index contributed by atoms with van der Waals surface area (Å²) < 4.78 is 2.05. The standard InChI is InChI=1S/C21H19ClN6O2/c22-16-3-1-14(2-4-16)12-28-17-9-15(10-24-20(17)25-11-19(28)29)21(30)27-8-7-26-6-5-23-18(26)13-27/h1-6,9-10H,7-8,11-13H2,(H,24,25). The first-order valence-corrected chi connectivity index (χ1v) is 10.0. The van der Waals surface area contributed by atoms with Gasteiger partial charge in [0.2, 0.25) is 5.91 Å². The number of fused-ring (bicyclic) bond motifs is 2. The number of aromatic nitrogens is 3. The zero-order valence-electron chi connectivity index (χ0n) is 16.1. The summed E-state index contributed by atoms with van der Waals surface area (Å²) in [5.74, 6) is 1.25. The fraction of sp³-hybridized carbons (Fsp3) is 0.238. The van der Waals surface area contributed by atoms with E-state index < -0.39 is 0 Å². The van der Waals surface area contributed by atoms with Crippen LogP contribution in [-0.4, -0.2) is 44.3 Å². The molecule has 0 saturated carbocycles. The van der Waals surface area contributed by atoms with E-state index in [9.17, 15) is 9.59 Å². The maximum absolute atomic E-state index is 13.1. The average Bonchev–Trinajstić information content (AvgIpc) is 3.24. The second-order valence-electron chi connectivity index (χ2n) is 7.32. The van der Waals surface area contributed by atoms with Crippen LogP contribution in [0.4, 0.5) is 11.5 Å². The van der Waals surface area contributed by atoms with Gasteiger partial charge >= 0.3 is 0 Å². The van der Waals surface area contributed by atoms with Crippen LogP contribution in [0.5, 0.6) is 0 Å². The van der Waals surface area contributed by atoms with E-state index in [4.69, 9.17) is 11.6 Å². The lowest BCUT2D eigenvalue weighted by Gasteiger charge is -2.31. The summed E-state index contributed by atoms with van der Waals surface area (Å²) in [4.78, 5) is 37.9. The maximum Gasteiger partial charge on any atom is 0.255 e. The number of anilines is 2. The van der Waals surface area contributed by atoms with Gasteiger partial charge in [0.1, 0.15) is 5.82 Å². The summed E-state index contributed by atoms with van der Waals surface area (Å²) in [6.45, 7) is 2.31. The minimum atomic E-state index is -0.121. The molecule has 8 nitrogen and oxygen atoms in total. The van der Waals surface area contributed by atoms with Crippen LogP contribution in [0.2, 0.25) is 5.02 Å². The van der Waals surface area contributed by atoms with Crippen molar-refractivity contribution < 1.29 is 9.59 Å². The first-order chi connectivity index (χ1) is 14.6. The van der Waals surface area contributed by atoms with E-state index in [0.29, 0.717) is 48.3 Å². The molecule has 1 aromatic carbocycles. The van der Waals surface area contributed by atoms with Gasteiger partial charge in [0.05, 0.1) is 30.9 Å². The number of rotatable bonds is 3. The highest BCUT2D eigenvalue weighted by Crippen LogP contribution is 2.30. The lowest BCUT2D eigenvalue weighted by Crippen LogP contribution is -2.41. The molecule has 0 fully saturated rings. The Morgan fingerprint density at radius 2 is 2.00 bits per heavy atom. The van der Waals surface area contributed by atoms with E-state index in [2.05, 4.69) is 15.3 Å². The molecule has 0 radical (unpaired) electrons. The Morgan fingerprint density at radius 3 is 2.83 bits per heavy atom. The summed E-state index contributed by atoms with van der Waals surface area (Å²) in [5, 5.41) is 3.67. The van der Waals surface area contributed by atoms with Crippen LogP contribution in [0.3, 0.4) is 0 Å². The van der Waals surface area contributed by atoms with Gasteiger partial charge in [0, 0.05) is 36.7 Å². The molecule has 3 aromatic rings. The Bertz CT molecular complexity index is 1130. The van der Waals surface area contributed by atoms with Crippen molar-refractivity contribution >= 4 is 34.9 Å². The van der Waals surface area contributed by atoms with Crippen molar-refractivity contribution in [2.24, 2.45) is 0 Å². The average molecular weight is 423 g/mol. The van der Waals surface area contributed by atoms with E-state index in [0.717, 1.165) is 11.4 Å². The second kappa shape index (κ2) is 7.46. The minimum absolute atomic E-state index is 0.0798. The van der Waals surface area contributed by atoms with Gasteiger partial charge in [0.15, 0.2) is 5.82 Å².